The number of nitrogens with one attached hydrogen (secondary N) is 1. The molecule has 0 atom stereocenters. The van der Waals surface area contributed by atoms with Gasteiger partial charge in [0.2, 0.25) is 11.3 Å². The molecule has 4 aromatic rings. The van der Waals surface area contributed by atoms with Crippen LogP contribution in [0.4, 0.5) is 5.69 Å². The van der Waals surface area contributed by atoms with E-state index in [1.165, 1.54) is 0 Å². The van der Waals surface area contributed by atoms with E-state index in [2.05, 4.69) is 5.32 Å². The Morgan fingerprint density at radius 1 is 0.893 bits per heavy atom. The molecule has 1 N–H and O–H groups in total. The van der Waals surface area contributed by atoms with Gasteiger partial charge in [-0.05, 0) is 61.2 Å². The van der Waals surface area contributed by atoms with Crippen LogP contribution in [0.3, 0.4) is 0 Å². The molecule has 4 heteroatoms. The van der Waals surface area contributed by atoms with Gasteiger partial charge < -0.3 is 9.73 Å². The van der Waals surface area contributed by atoms with Crippen LogP contribution in [0, 0.1) is 13.8 Å². The Morgan fingerprint density at radius 3 is 2.39 bits per heavy atom. The molecule has 0 aliphatic heterocycles. The number of fused-ring (bicyclic) bond motifs is 2. The highest BCUT2D eigenvalue weighted by atomic mass is 16.3. The lowest BCUT2D eigenvalue weighted by Crippen LogP contribution is -2.12. The zero-order chi connectivity index (χ0) is 19.7. The molecule has 4 nitrogen and oxygen atoms in total. The van der Waals surface area contributed by atoms with Crippen molar-refractivity contribution >= 4 is 33.5 Å². The Hall–Kier alpha value is -3.40. The van der Waals surface area contributed by atoms with E-state index in [0.29, 0.717) is 40.5 Å². The van der Waals surface area contributed by atoms with Crippen LogP contribution < -0.4 is 10.7 Å². The Bertz CT molecular complexity index is 1240. The third kappa shape index (κ3) is 3.54. The Labute approximate surface area is 162 Å². The third-order valence-electron chi connectivity index (χ3n) is 5.05. The third-order valence-corrected chi connectivity index (χ3v) is 5.05. The summed E-state index contributed by atoms with van der Waals surface area (Å²) in [7, 11) is 0. The standard InChI is InChI=1S/C24H21NO3/c1-15-12-20-21(13-16(15)2)28-22-14-18(9-10-19(22)24(20)27)25-23(26)11-8-17-6-4-3-5-7-17/h3-7,9-10,12-14H,8,11H2,1-2H3,(H,25,26). The minimum absolute atomic E-state index is 0.0543. The molecule has 4 rings (SSSR count). The number of benzene rings is 3. The van der Waals surface area contributed by atoms with Gasteiger partial charge in [-0.1, -0.05) is 30.3 Å². The molecule has 0 saturated heterocycles. The molecule has 140 valence electrons. The molecule has 0 spiro atoms. The fourth-order valence-corrected chi connectivity index (χ4v) is 3.31. The second-order valence-corrected chi connectivity index (χ2v) is 7.11. The second kappa shape index (κ2) is 7.31. The first-order valence-corrected chi connectivity index (χ1v) is 9.33. The van der Waals surface area contributed by atoms with Crippen molar-refractivity contribution in [1.82, 2.24) is 0 Å². The maximum Gasteiger partial charge on any atom is 0.224 e. The van der Waals surface area contributed by atoms with E-state index < -0.39 is 0 Å². The molecule has 1 aromatic heterocycles. The fraction of sp³-hybridized carbons (Fsp3) is 0.167. The average Bonchev–Trinajstić information content (AvgIpc) is 2.69. The van der Waals surface area contributed by atoms with Gasteiger partial charge in [-0.25, -0.2) is 0 Å². The number of carbonyl (C=O) groups is 1. The van der Waals surface area contributed by atoms with Crippen LogP contribution in [0.25, 0.3) is 21.9 Å². The summed E-state index contributed by atoms with van der Waals surface area (Å²) in [5, 5.41) is 3.98. The normalized spacial score (nSPS) is 11.1. The largest absolute Gasteiger partial charge is 0.456 e. The minimum atomic E-state index is -0.0715. The summed E-state index contributed by atoms with van der Waals surface area (Å²) >= 11 is 0. The molecular formula is C24H21NO3. The van der Waals surface area contributed by atoms with Crippen molar-refractivity contribution in [3.63, 3.8) is 0 Å². The maximum absolute atomic E-state index is 12.8. The van der Waals surface area contributed by atoms with Crippen molar-refractivity contribution in [2.24, 2.45) is 0 Å². The van der Waals surface area contributed by atoms with Crippen LogP contribution in [0.15, 0.2) is 69.9 Å². The van der Waals surface area contributed by atoms with Gasteiger partial charge in [-0.3, -0.25) is 9.59 Å². The van der Waals surface area contributed by atoms with Gasteiger partial charge in [-0.15, -0.1) is 0 Å². The lowest BCUT2D eigenvalue weighted by molar-refractivity contribution is -0.116. The van der Waals surface area contributed by atoms with Gasteiger partial charge in [0.25, 0.3) is 0 Å². The predicted molar refractivity (Wildman–Crippen MR) is 113 cm³/mol. The summed E-state index contributed by atoms with van der Waals surface area (Å²) in [6, 6.07) is 18.8. The van der Waals surface area contributed by atoms with E-state index in [1.54, 1.807) is 18.2 Å². The molecule has 0 radical (unpaired) electrons. The summed E-state index contributed by atoms with van der Waals surface area (Å²) < 4.78 is 5.96. The van der Waals surface area contributed by atoms with Crippen LogP contribution in [-0.4, -0.2) is 5.91 Å². The van der Waals surface area contributed by atoms with E-state index in [4.69, 9.17) is 4.42 Å². The van der Waals surface area contributed by atoms with E-state index in [-0.39, 0.29) is 11.3 Å². The van der Waals surface area contributed by atoms with Crippen LogP contribution in [0.5, 0.6) is 0 Å². The number of carbonyl (C=O) groups excluding carboxylic acids is 1. The maximum atomic E-state index is 12.8. The van der Waals surface area contributed by atoms with Crippen LogP contribution >= 0.6 is 0 Å². The zero-order valence-corrected chi connectivity index (χ0v) is 15.9. The monoisotopic (exact) mass is 371 g/mol. The van der Waals surface area contributed by atoms with E-state index in [0.717, 1.165) is 16.7 Å². The van der Waals surface area contributed by atoms with Gasteiger partial charge in [-0.2, -0.15) is 0 Å². The summed E-state index contributed by atoms with van der Waals surface area (Å²) in [6.45, 7) is 3.97. The molecule has 0 bridgehead atoms. The second-order valence-electron chi connectivity index (χ2n) is 7.11. The molecule has 3 aromatic carbocycles. The summed E-state index contributed by atoms with van der Waals surface area (Å²) in [4.78, 5) is 25.1. The molecule has 0 aliphatic carbocycles. The SMILES string of the molecule is Cc1cc2oc3cc(NC(=O)CCc4ccccc4)ccc3c(=O)c2cc1C. The van der Waals surface area contributed by atoms with Gasteiger partial charge in [0.05, 0.1) is 10.8 Å². The van der Waals surface area contributed by atoms with E-state index in [9.17, 15) is 9.59 Å². The van der Waals surface area contributed by atoms with Crippen molar-refractivity contribution in [1.29, 1.82) is 0 Å². The van der Waals surface area contributed by atoms with Gasteiger partial charge in [0, 0.05) is 18.2 Å². The average molecular weight is 371 g/mol. The highest BCUT2D eigenvalue weighted by Gasteiger charge is 2.11. The van der Waals surface area contributed by atoms with Crippen molar-refractivity contribution in [3.05, 3.63) is 87.6 Å². The fourth-order valence-electron chi connectivity index (χ4n) is 3.31. The smallest absolute Gasteiger partial charge is 0.224 e. The Morgan fingerprint density at radius 2 is 1.61 bits per heavy atom. The Kier molecular flexibility index (Phi) is 4.70. The first kappa shape index (κ1) is 18.0. The summed E-state index contributed by atoms with van der Waals surface area (Å²) in [6.07, 6.45) is 1.07. The lowest BCUT2D eigenvalue weighted by atomic mass is 10.1. The van der Waals surface area contributed by atoms with Crippen LogP contribution in [0.1, 0.15) is 23.1 Å². The van der Waals surface area contributed by atoms with E-state index >= 15 is 0 Å². The molecular weight excluding hydrogens is 350 g/mol. The molecule has 1 heterocycles. The van der Waals surface area contributed by atoms with E-state index in [1.807, 2.05) is 56.3 Å². The number of aryl methyl sites for hydroxylation is 3. The number of rotatable bonds is 4. The molecule has 0 saturated carbocycles. The Balaban J connectivity index is 1.60. The number of hydrogen-bond donors (Lipinski definition) is 1. The van der Waals surface area contributed by atoms with Gasteiger partial charge >= 0.3 is 0 Å². The van der Waals surface area contributed by atoms with Crippen LogP contribution in [-0.2, 0) is 11.2 Å². The van der Waals surface area contributed by atoms with Crippen molar-refractivity contribution < 1.29 is 9.21 Å². The minimum Gasteiger partial charge on any atom is -0.456 e. The number of hydrogen-bond acceptors (Lipinski definition) is 3. The summed E-state index contributed by atoms with van der Waals surface area (Å²) in [5.74, 6) is -0.0715. The van der Waals surface area contributed by atoms with Gasteiger partial charge in [0.1, 0.15) is 11.2 Å². The lowest BCUT2D eigenvalue weighted by Gasteiger charge is -2.08. The molecule has 0 aliphatic rings. The number of anilines is 1. The molecule has 0 fully saturated rings. The number of amides is 1. The first-order valence-electron chi connectivity index (χ1n) is 9.33. The molecule has 1 amide bonds. The molecule has 0 unspecified atom stereocenters. The molecule has 28 heavy (non-hydrogen) atoms. The van der Waals surface area contributed by atoms with Crippen molar-refractivity contribution in [2.45, 2.75) is 26.7 Å². The highest BCUT2D eigenvalue weighted by molar-refractivity contribution is 5.95. The predicted octanol–water partition coefficient (Wildman–Crippen LogP) is 5.13. The highest BCUT2D eigenvalue weighted by Crippen LogP contribution is 2.24. The first-order chi connectivity index (χ1) is 13.5. The van der Waals surface area contributed by atoms with Crippen molar-refractivity contribution in [2.75, 3.05) is 5.32 Å². The quantitative estimate of drug-likeness (QED) is 0.506. The zero-order valence-electron chi connectivity index (χ0n) is 15.9. The van der Waals surface area contributed by atoms with Crippen LogP contribution in [0.2, 0.25) is 0 Å². The topological polar surface area (TPSA) is 59.3 Å². The summed E-state index contributed by atoms with van der Waals surface area (Å²) in [5.41, 5.74) is 4.86. The van der Waals surface area contributed by atoms with Gasteiger partial charge in [0.15, 0.2) is 0 Å². The van der Waals surface area contributed by atoms with Crippen molar-refractivity contribution in [3.8, 4) is 0 Å².